The number of allylic oxidation sites excluding steroid dienone is 5. The van der Waals surface area contributed by atoms with Crippen LogP contribution < -0.4 is 4.90 Å². The van der Waals surface area contributed by atoms with Crippen LogP contribution in [0.2, 0.25) is 0 Å². The topological polar surface area (TPSA) is 29.5 Å². The molecule has 0 aliphatic carbocycles. The molecule has 1 aromatic carbocycles. The Kier molecular flexibility index (Phi) is 8.04. The summed E-state index contributed by atoms with van der Waals surface area (Å²) in [6.45, 7) is 9.05. The lowest BCUT2D eigenvalue weighted by molar-refractivity contribution is -0.134. The van der Waals surface area contributed by atoms with Crippen LogP contribution in [-0.4, -0.2) is 25.7 Å². The Morgan fingerprint density at radius 2 is 1.93 bits per heavy atom. The third-order valence-corrected chi connectivity index (χ3v) is 5.19. The summed E-state index contributed by atoms with van der Waals surface area (Å²) in [5.41, 5.74) is 4.71. The Morgan fingerprint density at radius 1 is 1.18 bits per heavy atom. The predicted molar refractivity (Wildman–Crippen MR) is 115 cm³/mol. The van der Waals surface area contributed by atoms with Gasteiger partial charge in [-0.1, -0.05) is 18.6 Å². The minimum Gasteiger partial charge on any atom is -0.466 e. The van der Waals surface area contributed by atoms with Gasteiger partial charge in [-0.2, -0.15) is 0 Å². The molecule has 0 saturated heterocycles. The van der Waals surface area contributed by atoms with Gasteiger partial charge in [0.1, 0.15) is 5.83 Å². The maximum Gasteiger partial charge on any atom is 0.330 e. The number of rotatable bonds is 5. The van der Waals surface area contributed by atoms with E-state index in [0.717, 1.165) is 18.5 Å². The van der Waals surface area contributed by atoms with Gasteiger partial charge in [0.15, 0.2) is 0 Å². The highest BCUT2D eigenvalue weighted by Gasteiger charge is 2.17. The molecule has 0 radical (unpaired) electrons. The molecular weight excluding hydrogens is 353 g/mol. The molecule has 0 atom stereocenters. The lowest BCUT2D eigenvalue weighted by atomic mass is 9.95. The molecule has 0 unspecified atom stereocenters. The van der Waals surface area contributed by atoms with Gasteiger partial charge >= 0.3 is 5.97 Å². The van der Waals surface area contributed by atoms with Gasteiger partial charge in [-0.3, -0.25) is 0 Å². The number of hydrogen-bond donors (Lipinski definition) is 0. The van der Waals surface area contributed by atoms with Crippen LogP contribution in [0, 0.1) is 0 Å². The number of anilines is 1. The first-order valence-electron chi connectivity index (χ1n) is 10.0. The van der Waals surface area contributed by atoms with E-state index < -0.39 is 5.97 Å². The van der Waals surface area contributed by atoms with Crippen LogP contribution >= 0.6 is 0 Å². The molecule has 28 heavy (non-hydrogen) atoms. The van der Waals surface area contributed by atoms with Gasteiger partial charge in [-0.25, -0.2) is 9.18 Å². The molecule has 0 fully saturated rings. The normalized spacial score (nSPS) is 16.5. The summed E-state index contributed by atoms with van der Waals surface area (Å²) >= 11 is 0. The third kappa shape index (κ3) is 5.82. The SMILES string of the molecule is COC(=O)/C=C(C)/C=C/C(F)=C(/C)c1ccc2c(c1)CCCCCN2C(C)C. The van der Waals surface area contributed by atoms with E-state index in [2.05, 4.69) is 35.6 Å². The maximum absolute atomic E-state index is 14.7. The highest BCUT2D eigenvalue weighted by Crippen LogP contribution is 2.31. The average Bonchev–Trinajstić information content (AvgIpc) is 2.65. The van der Waals surface area contributed by atoms with E-state index in [1.807, 2.05) is 6.07 Å². The van der Waals surface area contributed by atoms with Crippen molar-refractivity contribution in [3.63, 3.8) is 0 Å². The molecular formula is C24H32FNO2. The van der Waals surface area contributed by atoms with Crippen molar-refractivity contribution in [2.24, 2.45) is 0 Å². The van der Waals surface area contributed by atoms with E-state index in [9.17, 15) is 9.18 Å². The van der Waals surface area contributed by atoms with Crippen LogP contribution in [0.15, 0.2) is 47.8 Å². The van der Waals surface area contributed by atoms with E-state index in [4.69, 9.17) is 0 Å². The largest absolute Gasteiger partial charge is 0.466 e. The van der Waals surface area contributed by atoms with Crippen LogP contribution in [0.5, 0.6) is 0 Å². The Hall–Kier alpha value is -2.36. The van der Waals surface area contributed by atoms with Gasteiger partial charge in [0.25, 0.3) is 0 Å². The number of ether oxygens (including phenoxy) is 1. The molecule has 1 aliphatic rings. The van der Waals surface area contributed by atoms with Gasteiger partial charge in [0.2, 0.25) is 0 Å². The van der Waals surface area contributed by atoms with Gasteiger partial charge in [-0.15, -0.1) is 0 Å². The van der Waals surface area contributed by atoms with Crippen molar-refractivity contribution in [3.8, 4) is 0 Å². The monoisotopic (exact) mass is 385 g/mol. The molecule has 2 rings (SSSR count). The first-order chi connectivity index (χ1) is 13.3. The van der Waals surface area contributed by atoms with E-state index >= 15 is 0 Å². The molecule has 4 heteroatoms. The molecule has 0 saturated carbocycles. The second-order valence-corrected chi connectivity index (χ2v) is 7.66. The number of halogens is 1. The minimum atomic E-state index is -0.445. The summed E-state index contributed by atoms with van der Waals surface area (Å²) in [6.07, 6.45) is 8.97. The van der Waals surface area contributed by atoms with Gasteiger partial charge in [-0.05, 0) is 87.4 Å². The lowest BCUT2D eigenvalue weighted by Crippen LogP contribution is -2.33. The fraction of sp³-hybridized carbons (Fsp3) is 0.458. The molecule has 0 amide bonds. The molecule has 0 aromatic heterocycles. The Morgan fingerprint density at radius 3 is 2.61 bits per heavy atom. The predicted octanol–water partition coefficient (Wildman–Crippen LogP) is 6.00. The summed E-state index contributed by atoms with van der Waals surface area (Å²) in [7, 11) is 1.32. The number of carbonyl (C=O) groups is 1. The fourth-order valence-electron chi connectivity index (χ4n) is 3.49. The number of fused-ring (bicyclic) bond motifs is 1. The zero-order chi connectivity index (χ0) is 20.7. The Bertz CT molecular complexity index is 790. The van der Waals surface area contributed by atoms with Crippen molar-refractivity contribution in [3.05, 3.63) is 59.0 Å². The molecule has 0 N–H and O–H groups in total. The smallest absolute Gasteiger partial charge is 0.330 e. The number of methoxy groups -OCH3 is 1. The van der Waals surface area contributed by atoms with Gasteiger partial charge in [0, 0.05) is 24.4 Å². The number of aryl methyl sites for hydroxylation is 1. The highest BCUT2D eigenvalue weighted by atomic mass is 19.1. The first kappa shape index (κ1) is 21.9. The van der Waals surface area contributed by atoms with Crippen molar-refractivity contribution in [1.82, 2.24) is 0 Å². The van der Waals surface area contributed by atoms with Gasteiger partial charge < -0.3 is 9.64 Å². The maximum atomic E-state index is 14.7. The minimum absolute atomic E-state index is 0.302. The molecule has 1 aromatic rings. The molecule has 152 valence electrons. The van der Waals surface area contributed by atoms with Crippen molar-refractivity contribution < 1.29 is 13.9 Å². The van der Waals surface area contributed by atoms with Crippen LogP contribution in [0.1, 0.15) is 58.1 Å². The number of hydrogen-bond acceptors (Lipinski definition) is 3. The second-order valence-electron chi connectivity index (χ2n) is 7.66. The summed E-state index contributed by atoms with van der Waals surface area (Å²) in [5.74, 6) is -0.747. The zero-order valence-corrected chi connectivity index (χ0v) is 17.7. The Labute approximate surface area is 168 Å². The second kappa shape index (κ2) is 10.3. The van der Waals surface area contributed by atoms with Crippen molar-refractivity contribution in [1.29, 1.82) is 0 Å². The summed E-state index contributed by atoms with van der Waals surface area (Å²) in [4.78, 5) is 13.7. The number of carbonyl (C=O) groups excluding carboxylic acids is 1. The van der Waals surface area contributed by atoms with Crippen LogP contribution in [0.4, 0.5) is 10.1 Å². The van der Waals surface area contributed by atoms with Crippen LogP contribution in [0.3, 0.4) is 0 Å². The summed E-state index contributed by atoms with van der Waals surface area (Å²) in [6, 6.07) is 6.73. The zero-order valence-electron chi connectivity index (χ0n) is 17.7. The molecule has 0 spiro atoms. The van der Waals surface area contributed by atoms with E-state index in [1.165, 1.54) is 49.8 Å². The summed E-state index contributed by atoms with van der Waals surface area (Å²) < 4.78 is 19.3. The van der Waals surface area contributed by atoms with Crippen LogP contribution in [-0.2, 0) is 16.0 Å². The summed E-state index contributed by atoms with van der Waals surface area (Å²) in [5, 5.41) is 0. The van der Waals surface area contributed by atoms with Crippen molar-refractivity contribution in [2.45, 2.75) is 59.4 Å². The Balaban J connectivity index is 2.31. The number of esters is 1. The van der Waals surface area contributed by atoms with E-state index in [1.54, 1.807) is 19.9 Å². The number of benzene rings is 1. The standard InChI is InChI=1S/C24H32FNO2/c1-17(2)26-14-8-6-7-9-21-16-20(11-13-23(21)26)19(4)22(25)12-10-18(3)15-24(27)28-5/h10-13,15-17H,6-9,14H2,1-5H3/b12-10+,18-15+,22-19+. The van der Waals surface area contributed by atoms with Crippen molar-refractivity contribution >= 4 is 17.2 Å². The van der Waals surface area contributed by atoms with Crippen LogP contribution in [0.25, 0.3) is 5.57 Å². The van der Waals surface area contributed by atoms with Gasteiger partial charge in [0.05, 0.1) is 7.11 Å². The lowest BCUT2D eigenvalue weighted by Gasteiger charge is -2.33. The quantitative estimate of drug-likeness (QED) is 0.353. The van der Waals surface area contributed by atoms with E-state index in [0.29, 0.717) is 17.2 Å². The molecule has 1 aliphatic heterocycles. The first-order valence-corrected chi connectivity index (χ1v) is 10.0. The molecule has 3 nitrogen and oxygen atoms in total. The van der Waals surface area contributed by atoms with Crippen molar-refractivity contribution in [2.75, 3.05) is 18.6 Å². The number of nitrogens with zero attached hydrogens (tertiary/aromatic N) is 1. The molecule has 0 bridgehead atoms. The fourth-order valence-corrected chi connectivity index (χ4v) is 3.49. The van der Waals surface area contributed by atoms with E-state index in [-0.39, 0.29) is 5.83 Å². The molecule has 1 heterocycles. The third-order valence-electron chi connectivity index (χ3n) is 5.19. The average molecular weight is 386 g/mol. The highest BCUT2D eigenvalue weighted by molar-refractivity contribution is 5.83.